The van der Waals surface area contributed by atoms with Crippen molar-refractivity contribution in [1.82, 2.24) is 20.3 Å². The Morgan fingerprint density at radius 3 is 2.01 bits per heavy atom. The summed E-state index contributed by atoms with van der Waals surface area (Å²) in [6, 6.07) is 5.73. The first kappa shape index (κ1) is 59.8. The Morgan fingerprint density at radius 2 is 1.44 bits per heavy atom. The maximum absolute atomic E-state index is 14.1. The standard InChI is InChI=1S/C51H79N7O13SSi/c1-46(2,3)66-41(61)51(16,71-56-39(40(59)60)36-31-72-42(54-36)55-45(64)69-49(10,11)12)38-23-21-33-26-32(20-22-37(33)65-38)34-28-57(25-19-24-52-43(62)67-47(4,5)6)58(29-34)30-35(70-73(17,18)50(13,14)15)27-53-44(63)68-48(7,8)9/h20,22,26,28-29,31,35,38H,19,21,23-25,27,30H2,1-18H3,(H3-,52,53,54,55,59,60,62,63,64)/p+1/b56-39-/t35-,38+,51?/m0/s1. The van der Waals surface area contributed by atoms with Gasteiger partial charge in [-0.25, -0.2) is 29.0 Å². The summed E-state index contributed by atoms with van der Waals surface area (Å²) in [6.07, 6.45) is 2.08. The minimum absolute atomic E-state index is 0.0612. The van der Waals surface area contributed by atoms with Crippen molar-refractivity contribution < 1.29 is 66.7 Å². The highest BCUT2D eigenvalue weighted by atomic mass is 32.1. The second-order valence-electron chi connectivity index (χ2n) is 23.7. The number of ether oxygens (including phenoxy) is 5. The molecular weight excluding hydrogens is 979 g/mol. The van der Waals surface area contributed by atoms with Crippen molar-refractivity contribution in [3.8, 4) is 16.9 Å². The van der Waals surface area contributed by atoms with Crippen LogP contribution in [0.15, 0.2) is 41.1 Å². The lowest BCUT2D eigenvalue weighted by Gasteiger charge is -2.38. The van der Waals surface area contributed by atoms with E-state index in [0.717, 1.165) is 28.0 Å². The van der Waals surface area contributed by atoms with Crippen molar-refractivity contribution in [2.24, 2.45) is 5.16 Å². The van der Waals surface area contributed by atoms with E-state index >= 15 is 0 Å². The van der Waals surface area contributed by atoms with Crippen LogP contribution in [0.3, 0.4) is 0 Å². The van der Waals surface area contributed by atoms with Gasteiger partial charge >= 0.3 is 30.2 Å². The Hall–Kier alpha value is -5.74. The van der Waals surface area contributed by atoms with E-state index in [1.54, 1.807) is 41.5 Å². The molecule has 0 aliphatic carbocycles. The normalized spacial score (nSPS) is 15.9. The third-order valence-corrected chi connectivity index (χ3v) is 16.6. The van der Waals surface area contributed by atoms with E-state index in [4.69, 9.17) is 32.9 Å². The predicted molar refractivity (Wildman–Crippen MR) is 279 cm³/mol. The van der Waals surface area contributed by atoms with Gasteiger partial charge < -0.3 is 48.7 Å². The molecule has 3 heterocycles. The number of esters is 1. The number of carbonyl (C=O) groups excluding carboxylic acids is 4. The van der Waals surface area contributed by atoms with Crippen LogP contribution in [0.1, 0.15) is 135 Å². The first-order chi connectivity index (χ1) is 33.3. The number of alkyl carbamates (subject to hydrolysis) is 2. The molecule has 22 heteroatoms. The Morgan fingerprint density at radius 1 is 0.849 bits per heavy atom. The van der Waals surface area contributed by atoms with Gasteiger partial charge in [-0.1, -0.05) is 32.0 Å². The predicted octanol–water partition coefficient (Wildman–Crippen LogP) is 9.38. The van der Waals surface area contributed by atoms with Crippen LogP contribution < -0.4 is 25.4 Å². The summed E-state index contributed by atoms with van der Waals surface area (Å²) >= 11 is 0.953. The number of anilines is 1. The van der Waals surface area contributed by atoms with E-state index in [9.17, 15) is 29.1 Å². The second kappa shape index (κ2) is 23.2. The van der Waals surface area contributed by atoms with Crippen LogP contribution in [0.4, 0.5) is 19.5 Å². The highest BCUT2D eigenvalue weighted by Crippen LogP contribution is 2.39. The molecule has 0 saturated heterocycles. The molecule has 3 aromatic rings. The summed E-state index contributed by atoms with van der Waals surface area (Å²) < 4.78 is 39.7. The van der Waals surface area contributed by atoms with Crippen LogP contribution in [0.5, 0.6) is 5.75 Å². The number of aliphatic carboxylic acids is 1. The van der Waals surface area contributed by atoms with Crippen molar-refractivity contribution in [1.29, 1.82) is 0 Å². The molecule has 4 rings (SSSR count). The number of aromatic nitrogens is 3. The zero-order valence-electron chi connectivity index (χ0n) is 46.1. The largest absolute Gasteiger partial charge is 0.485 e. The van der Waals surface area contributed by atoms with Gasteiger partial charge in [0.15, 0.2) is 26.1 Å². The molecule has 1 aliphatic rings. The molecule has 4 N–H and O–H groups in total. The van der Waals surface area contributed by atoms with Crippen LogP contribution in [0, 0.1) is 0 Å². The summed E-state index contributed by atoms with van der Waals surface area (Å²) in [4.78, 5) is 74.5. The molecule has 2 aromatic heterocycles. The molecule has 0 fully saturated rings. The fourth-order valence-corrected chi connectivity index (χ4v) is 8.96. The van der Waals surface area contributed by atoms with Gasteiger partial charge in [-0.2, -0.15) is 4.68 Å². The van der Waals surface area contributed by atoms with Gasteiger partial charge in [0, 0.05) is 11.9 Å². The zero-order valence-corrected chi connectivity index (χ0v) is 47.9. The van der Waals surface area contributed by atoms with E-state index in [-0.39, 0.29) is 28.8 Å². The van der Waals surface area contributed by atoms with Crippen LogP contribution in [-0.4, -0.2) is 112 Å². The van der Waals surface area contributed by atoms with E-state index in [0.29, 0.717) is 38.2 Å². The van der Waals surface area contributed by atoms with Crippen molar-refractivity contribution >= 4 is 60.7 Å². The van der Waals surface area contributed by atoms with Gasteiger partial charge in [-0.3, -0.25) is 5.32 Å². The lowest BCUT2D eigenvalue weighted by atomic mass is 9.89. The van der Waals surface area contributed by atoms with Crippen LogP contribution >= 0.6 is 11.3 Å². The first-order valence-electron chi connectivity index (χ1n) is 24.5. The van der Waals surface area contributed by atoms with E-state index in [2.05, 4.69) is 69.3 Å². The molecule has 1 aromatic carbocycles. The number of nitrogens with zero attached hydrogens (tertiary/aromatic N) is 4. The minimum atomic E-state index is -2.36. The summed E-state index contributed by atoms with van der Waals surface area (Å²) in [5.74, 6) is -1.84. The molecule has 1 aliphatic heterocycles. The fourth-order valence-electron chi connectivity index (χ4n) is 6.93. The minimum Gasteiger partial charge on any atom is -0.485 e. The molecule has 73 heavy (non-hydrogen) atoms. The third kappa shape index (κ3) is 18.6. The lowest BCUT2D eigenvalue weighted by molar-refractivity contribution is -0.779. The third-order valence-electron chi connectivity index (χ3n) is 11.3. The van der Waals surface area contributed by atoms with Gasteiger partial charge in [-0.05, 0) is 151 Å². The van der Waals surface area contributed by atoms with E-state index < -0.39 is 84.5 Å². The number of thiazole rings is 1. The molecule has 3 atom stereocenters. The number of fused-ring (bicyclic) bond motifs is 1. The second-order valence-corrected chi connectivity index (χ2v) is 29.4. The number of benzene rings is 1. The number of carboxylic acid groups (broad SMARTS) is 1. The number of rotatable bonds is 18. The number of carbonyl (C=O) groups is 5. The molecule has 20 nitrogen and oxygen atoms in total. The smallest absolute Gasteiger partial charge is 0.413 e. The first-order valence-corrected chi connectivity index (χ1v) is 28.3. The molecule has 3 amide bonds. The Bertz CT molecular complexity index is 2470. The van der Waals surface area contributed by atoms with Gasteiger partial charge in [0.2, 0.25) is 11.9 Å². The lowest BCUT2D eigenvalue weighted by Crippen LogP contribution is -2.55. The number of carboxylic acids is 1. The summed E-state index contributed by atoms with van der Waals surface area (Å²) in [5, 5.41) is 23.8. The Labute approximate surface area is 435 Å². The molecule has 0 spiro atoms. The van der Waals surface area contributed by atoms with E-state index in [1.807, 2.05) is 72.1 Å². The quantitative estimate of drug-likeness (QED) is 0.0177. The highest BCUT2D eigenvalue weighted by Gasteiger charge is 2.51. The molecule has 0 saturated carbocycles. The molecule has 0 bridgehead atoms. The van der Waals surface area contributed by atoms with Crippen LogP contribution in [0.2, 0.25) is 18.1 Å². The Balaban J connectivity index is 1.67. The van der Waals surface area contributed by atoms with Crippen molar-refractivity contribution in [3.63, 3.8) is 0 Å². The summed E-state index contributed by atoms with van der Waals surface area (Å²) in [7, 11) is -2.36. The summed E-state index contributed by atoms with van der Waals surface area (Å²) in [6.45, 7) is 34.8. The Kier molecular flexibility index (Phi) is 19.0. The van der Waals surface area contributed by atoms with Crippen LogP contribution in [-0.2, 0) is 57.3 Å². The number of oxime groups is 1. The average molecular weight is 1060 g/mol. The SMILES string of the molecule is CC(C)(C)OC(=O)NCCCn1cc(-c2ccc3c(c2)CC[C@H](C(C)(O/N=C(\C(=O)O)c2csc(NC(=O)OC(C)(C)C)n2)C(=O)OC(C)(C)C)O3)c[n+]1C[C@H](CNC(=O)OC(C)(C)C)O[Si](C)(C)C(C)(C)C. The number of aryl methyl sites for hydroxylation is 2. The fraction of sp³-hybridized carbons (Fsp3) is 0.647. The average Bonchev–Trinajstić information content (AvgIpc) is 3.84. The number of hydrogen-bond acceptors (Lipinski definition) is 15. The topological polar surface area (TPSA) is 240 Å². The number of amides is 3. The van der Waals surface area contributed by atoms with Gasteiger partial charge in [0.05, 0.1) is 24.8 Å². The van der Waals surface area contributed by atoms with Crippen LogP contribution in [0.25, 0.3) is 11.1 Å². The molecule has 1 unspecified atom stereocenters. The van der Waals surface area contributed by atoms with Gasteiger partial charge in [0.25, 0.3) is 5.60 Å². The molecule has 0 radical (unpaired) electrons. The maximum Gasteiger partial charge on any atom is 0.413 e. The summed E-state index contributed by atoms with van der Waals surface area (Å²) in [5.41, 5.74) is -3.14. The number of nitrogens with one attached hydrogen (secondary N) is 3. The van der Waals surface area contributed by atoms with Gasteiger partial charge in [0.1, 0.15) is 40.0 Å². The monoisotopic (exact) mass is 1060 g/mol. The number of hydrogen-bond donors (Lipinski definition) is 4. The van der Waals surface area contributed by atoms with Crippen molar-refractivity contribution in [2.75, 3.05) is 18.4 Å². The molecular formula is C51H80N7O13SSi+. The van der Waals surface area contributed by atoms with Gasteiger partial charge in [-0.15, -0.1) is 16.0 Å². The highest BCUT2D eigenvalue weighted by molar-refractivity contribution is 7.14. The maximum atomic E-state index is 14.1. The zero-order chi connectivity index (χ0) is 55.1. The van der Waals surface area contributed by atoms with Crippen molar-refractivity contribution in [3.05, 3.63) is 47.2 Å². The van der Waals surface area contributed by atoms with E-state index in [1.165, 1.54) is 12.3 Å². The van der Waals surface area contributed by atoms with Crippen molar-refractivity contribution in [2.45, 2.75) is 201 Å². The molecule has 406 valence electrons.